The molecule has 90 valence electrons. The largest absolute Gasteiger partial charge is 0.312 e. The van der Waals surface area contributed by atoms with Crippen molar-refractivity contribution in [1.82, 2.24) is 5.32 Å². The van der Waals surface area contributed by atoms with E-state index in [1.54, 1.807) is 0 Å². The summed E-state index contributed by atoms with van der Waals surface area (Å²) in [6.45, 7) is 8.71. The van der Waals surface area contributed by atoms with Gasteiger partial charge in [0.1, 0.15) is 0 Å². The maximum atomic E-state index is 3.53. The molecule has 0 bridgehead atoms. The van der Waals surface area contributed by atoms with Crippen LogP contribution in [0.15, 0.2) is 18.2 Å². The van der Waals surface area contributed by atoms with Crippen molar-refractivity contribution >= 4 is 11.8 Å². The zero-order valence-electron chi connectivity index (χ0n) is 10.8. The number of thioether (sulfide) groups is 1. The highest BCUT2D eigenvalue weighted by atomic mass is 32.2. The Morgan fingerprint density at radius 1 is 1.19 bits per heavy atom. The number of aryl methyl sites for hydroxylation is 2. The number of hydrogen-bond donors (Lipinski definition) is 1. The van der Waals surface area contributed by atoms with Gasteiger partial charge in [0.25, 0.3) is 0 Å². The Labute approximate surface area is 104 Å². The molecule has 16 heavy (non-hydrogen) atoms. The number of benzene rings is 1. The summed E-state index contributed by atoms with van der Waals surface area (Å²) in [7, 11) is 0. The molecule has 0 aliphatic heterocycles. The van der Waals surface area contributed by atoms with Gasteiger partial charge in [-0.2, -0.15) is 11.8 Å². The summed E-state index contributed by atoms with van der Waals surface area (Å²) >= 11 is 1.92. The monoisotopic (exact) mass is 237 g/mol. The Bertz CT molecular complexity index is 302. The van der Waals surface area contributed by atoms with Crippen LogP contribution in [-0.4, -0.2) is 18.6 Å². The zero-order chi connectivity index (χ0) is 12.0. The van der Waals surface area contributed by atoms with Gasteiger partial charge < -0.3 is 5.32 Å². The predicted octanol–water partition coefficient (Wildman–Crippen LogP) is 3.39. The molecule has 1 nitrogen and oxygen atoms in total. The maximum absolute atomic E-state index is 3.53. The van der Waals surface area contributed by atoms with Crippen molar-refractivity contribution in [2.24, 2.45) is 5.92 Å². The minimum atomic E-state index is 0.751. The molecule has 0 amide bonds. The molecule has 0 aliphatic carbocycles. The van der Waals surface area contributed by atoms with E-state index in [-0.39, 0.29) is 0 Å². The molecule has 0 fully saturated rings. The van der Waals surface area contributed by atoms with Crippen molar-refractivity contribution in [2.75, 3.05) is 18.6 Å². The highest BCUT2D eigenvalue weighted by Crippen LogP contribution is 2.09. The third kappa shape index (κ3) is 5.04. The average Bonchev–Trinajstić information content (AvgIpc) is 2.16. The molecule has 0 saturated carbocycles. The van der Waals surface area contributed by atoms with Crippen LogP contribution in [0.2, 0.25) is 0 Å². The first-order chi connectivity index (χ1) is 7.61. The minimum absolute atomic E-state index is 0.751. The van der Waals surface area contributed by atoms with E-state index in [1.807, 2.05) is 11.8 Å². The number of nitrogens with one attached hydrogen (secondary N) is 1. The number of hydrogen-bond acceptors (Lipinski definition) is 2. The molecule has 0 heterocycles. The second-order valence-corrected chi connectivity index (χ2v) is 5.60. The Morgan fingerprint density at radius 2 is 1.81 bits per heavy atom. The van der Waals surface area contributed by atoms with Gasteiger partial charge in [-0.05, 0) is 43.9 Å². The second-order valence-electron chi connectivity index (χ2n) is 4.69. The predicted molar refractivity (Wildman–Crippen MR) is 75.2 cm³/mol. The summed E-state index contributed by atoms with van der Waals surface area (Å²) < 4.78 is 0. The molecule has 0 saturated heterocycles. The van der Waals surface area contributed by atoms with Gasteiger partial charge in [0.05, 0.1) is 0 Å². The SMILES string of the molecule is CSCC(C)CNCc1cc(C)cc(C)c1. The highest BCUT2D eigenvalue weighted by Gasteiger charge is 2.01. The van der Waals surface area contributed by atoms with Crippen LogP contribution in [0, 0.1) is 19.8 Å². The standard InChI is InChI=1S/C14H23NS/c1-11-5-12(2)7-14(6-11)9-15-8-13(3)10-16-4/h5-7,13,15H,8-10H2,1-4H3. The van der Waals surface area contributed by atoms with E-state index in [0.717, 1.165) is 19.0 Å². The van der Waals surface area contributed by atoms with Crippen LogP contribution in [0.1, 0.15) is 23.6 Å². The van der Waals surface area contributed by atoms with Gasteiger partial charge in [0, 0.05) is 6.54 Å². The molecule has 1 N–H and O–H groups in total. The summed E-state index contributed by atoms with van der Waals surface area (Å²) in [4.78, 5) is 0. The van der Waals surface area contributed by atoms with Crippen LogP contribution in [0.25, 0.3) is 0 Å². The van der Waals surface area contributed by atoms with E-state index in [9.17, 15) is 0 Å². The summed E-state index contributed by atoms with van der Waals surface area (Å²) in [6.07, 6.45) is 2.17. The molecule has 0 aromatic heterocycles. The smallest absolute Gasteiger partial charge is 0.0205 e. The molecular weight excluding hydrogens is 214 g/mol. The van der Waals surface area contributed by atoms with Crippen LogP contribution in [0.3, 0.4) is 0 Å². The molecule has 1 rings (SSSR count). The van der Waals surface area contributed by atoms with Crippen LogP contribution in [-0.2, 0) is 6.54 Å². The summed E-state index contributed by atoms with van der Waals surface area (Å²) in [6, 6.07) is 6.75. The van der Waals surface area contributed by atoms with Gasteiger partial charge in [-0.1, -0.05) is 36.2 Å². The third-order valence-corrected chi connectivity index (χ3v) is 3.46. The molecule has 1 unspecified atom stereocenters. The van der Waals surface area contributed by atoms with E-state index in [1.165, 1.54) is 22.4 Å². The van der Waals surface area contributed by atoms with Gasteiger partial charge >= 0.3 is 0 Å². The van der Waals surface area contributed by atoms with Gasteiger partial charge in [0.15, 0.2) is 0 Å². The Balaban J connectivity index is 2.37. The Kier molecular flexibility index (Phi) is 5.93. The van der Waals surface area contributed by atoms with Crippen molar-refractivity contribution in [2.45, 2.75) is 27.3 Å². The Hall–Kier alpha value is -0.470. The van der Waals surface area contributed by atoms with E-state index >= 15 is 0 Å². The normalized spacial score (nSPS) is 12.8. The summed E-state index contributed by atoms with van der Waals surface area (Å²) in [5.41, 5.74) is 4.11. The van der Waals surface area contributed by atoms with Gasteiger partial charge in [-0.15, -0.1) is 0 Å². The maximum Gasteiger partial charge on any atom is 0.0205 e. The third-order valence-electron chi connectivity index (χ3n) is 2.55. The minimum Gasteiger partial charge on any atom is -0.312 e. The lowest BCUT2D eigenvalue weighted by molar-refractivity contribution is 0.559. The molecular formula is C14H23NS. The molecule has 0 radical (unpaired) electrons. The zero-order valence-corrected chi connectivity index (χ0v) is 11.7. The lowest BCUT2D eigenvalue weighted by Crippen LogP contribution is -2.22. The highest BCUT2D eigenvalue weighted by molar-refractivity contribution is 7.98. The van der Waals surface area contributed by atoms with Crippen LogP contribution in [0.4, 0.5) is 0 Å². The van der Waals surface area contributed by atoms with Crippen molar-refractivity contribution in [3.8, 4) is 0 Å². The van der Waals surface area contributed by atoms with Crippen LogP contribution < -0.4 is 5.32 Å². The van der Waals surface area contributed by atoms with E-state index < -0.39 is 0 Å². The fraction of sp³-hybridized carbons (Fsp3) is 0.571. The lowest BCUT2D eigenvalue weighted by atomic mass is 10.1. The van der Waals surface area contributed by atoms with Crippen molar-refractivity contribution in [1.29, 1.82) is 0 Å². The molecule has 1 aromatic carbocycles. The summed E-state index contributed by atoms with van der Waals surface area (Å²) in [5, 5.41) is 3.53. The van der Waals surface area contributed by atoms with Crippen LogP contribution >= 0.6 is 11.8 Å². The van der Waals surface area contributed by atoms with E-state index in [2.05, 4.69) is 50.5 Å². The molecule has 0 spiro atoms. The van der Waals surface area contributed by atoms with Crippen molar-refractivity contribution < 1.29 is 0 Å². The Morgan fingerprint density at radius 3 is 2.38 bits per heavy atom. The van der Waals surface area contributed by atoms with Crippen LogP contribution in [0.5, 0.6) is 0 Å². The first kappa shape index (κ1) is 13.6. The fourth-order valence-corrected chi connectivity index (χ4v) is 2.66. The average molecular weight is 237 g/mol. The number of rotatable bonds is 6. The van der Waals surface area contributed by atoms with Gasteiger partial charge in [-0.3, -0.25) is 0 Å². The molecule has 2 heteroatoms. The first-order valence-electron chi connectivity index (χ1n) is 5.88. The van der Waals surface area contributed by atoms with E-state index in [4.69, 9.17) is 0 Å². The topological polar surface area (TPSA) is 12.0 Å². The summed E-state index contributed by atoms with van der Waals surface area (Å²) in [5.74, 6) is 1.99. The van der Waals surface area contributed by atoms with Crippen molar-refractivity contribution in [3.05, 3.63) is 34.9 Å². The lowest BCUT2D eigenvalue weighted by Gasteiger charge is -2.11. The first-order valence-corrected chi connectivity index (χ1v) is 7.28. The molecule has 1 atom stereocenters. The molecule has 0 aliphatic rings. The van der Waals surface area contributed by atoms with Gasteiger partial charge in [0.2, 0.25) is 0 Å². The van der Waals surface area contributed by atoms with Crippen molar-refractivity contribution in [3.63, 3.8) is 0 Å². The van der Waals surface area contributed by atoms with Gasteiger partial charge in [-0.25, -0.2) is 0 Å². The molecule has 1 aromatic rings. The fourth-order valence-electron chi connectivity index (χ4n) is 1.98. The quantitative estimate of drug-likeness (QED) is 0.814. The van der Waals surface area contributed by atoms with E-state index in [0.29, 0.717) is 0 Å². The second kappa shape index (κ2) is 6.97.